The third-order valence-electron chi connectivity index (χ3n) is 6.17. The standard InChI is InChI=1S/C22H23F3N4O2/c1-12-10-29(18-5-14(6-18)20(26)30)11-15-4-13(2-3-19(12)15)21(31)28-17-7-16(8-27-9-17)22(23,24)25/h2-4,7-9,12,14,18H,5-6,10-11H2,1H3,(H2,26,30)(H,28,31). The minimum absolute atomic E-state index is 0.0144. The Kier molecular flexibility index (Phi) is 5.47. The van der Waals surface area contributed by atoms with Gasteiger partial charge < -0.3 is 11.1 Å². The number of nitrogens with zero attached hydrogens (tertiary/aromatic N) is 2. The van der Waals surface area contributed by atoms with E-state index in [0.717, 1.165) is 36.6 Å². The van der Waals surface area contributed by atoms with E-state index in [9.17, 15) is 22.8 Å². The number of nitrogens with one attached hydrogen (secondary N) is 1. The molecule has 1 aromatic heterocycles. The third-order valence-corrected chi connectivity index (χ3v) is 6.17. The number of amides is 2. The fraction of sp³-hybridized carbons (Fsp3) is 0.409. The summed E-state index contributed by atoms with van der Waals surface area (Å²) in [5, 5.41) is 2.50. The molecule has 0 saturated heterocycles. The highest BCUT2D eigenvalue weighted by Crippen LogP contribution is 2.37. The maximum atomic E-state index is 12.9. The number of fused-ring (bicyclic) bond motifs is 1. The number of aromatic nitrogens is 1. The van der Waals surface area contributed by atoms with E-state index in [1.54, 1.807) is 12.1 Å². The molecule has 1 unspecified atom stereocenters. The number of carbonyl (C=O) groups excluding carboxylic acids is 2. The Balaban J connectivity index is 1.48. The Morgan fingerprint density at radius 3 is 2.61 bits per heavy atom. The van der Waals surface area contributed by atoms with Crippen molar-refractivity contribution < 1.29 is 22.8 Å². The molecule has 164 valence electrons. The van der Waals surface area contributed by atoms with Crippen LogP contribution in [-0.2, 0) is 17.5 Å². The van der Waals surface area contributed by atoms with Crippen LogP contribution < -0.4 is 11.1 Å². The maximum absolute atomic E-state index is 12.9. The number of hydrogen-bond acceptors (Lipinski definition) is 4. The summed E-state index contributed by atoms with van der Waals surface area (Å²) in [6.45, 7) is 3.63. The van der Waals surface area contributed by atoms with E-state index in [4.69, 9.17) is 5.73 Å². The number of nitrogens with two attached hydrogens (primary N) is 1. The molecule has 2 aromatic rings. The monoisotopic (exact) mass is 432 g/mol. The fourth-order valence-corrected chi connectivity index (χ4v) is 4.36. The highest BCUT2D eigenvalue weighted by molar-refractivity contribution is 6.04. The van der Waals surface area contributed by atoms with Crippen LogP contribution in [0.1, 0.15) is 52.7 Å². The van der Waals surface area contributed by atoms with Crippen LogP contribution in [0.5, 0.6) is 0 Å². The maximum Gasteiger partial charge on any atom is 0.417 e. The highest BCUT2D eigenvalue weighted by Gasteiger charge is 2.39. The molecule has 1 aromatic carbocycles. The van der Waals surface area contributed by atoms with Crippen molar-refractivity contribution in [2.75, 3.05) is 11.9 Å². The Labute approximate surface area is 177 Å². The molecule has 2 aliphatic rings. The molecule has 9 heteroatoms. The Bertz CT molecular complexity index is 1020. The van der Waals surface area contributed by atoms with Crippen LogP contribution in [0.2, 0.25) is 0 Å². The van der Waals surface area contributed by atoms with Gasteiger partial charge in [-0.1, -0.05) is 13.0 Å². The second-order valence-electron chi connectivity index (χ2n) is 8.38. The van der Waals surface area contributed by atoms with Crippen molar-refractivity contribution in [3.63, 3.8) is 0 Å². The van der Waals surface area contributed by atoms with Gasteiger partial charge in [0.15, 0.2) is 0 Å². The van der Waals surface area contributed by atoms with E-state index >= 15 is 0 Å². The minimum atomic E-state index is -4.53. The van der Waals surface area contributed by atoms with Gasteiger partial charge in [0, 0.05) is 36.8 Å². The van der Waals surface area contributed by atoms with E-state index in [2.05, 4.69) is 22.1 Å². The molecule has 0 spiro atoms. The molecular formula is C22H23F3N4O2. The molecule has 3 N–H and O–H groups in total. The van der Waals surface area contributed by atoms with Crippen LogP contribution in [0, 0.1) is 5.92 Å². The molecule has 0 bridgehead atoms. The Morgan fingerprint density at radius 1 is 1.19 bits per heavy atom. The van der Waals surface area contributed by atoms with Crippen LogP contribution in [0.3, 0.4) is 0 Å². The number of anilines is 1. The highest BCUT2D eigenvalue weighted by atomic mass is 19.4. The molecule has 1 fully saturated rings. The normalized spacial score (nSPS) is 23.5. The summed E-state index contributed by atoms with van der Waals surface area (Å²) < 4.78 is 38.6. The molecule has 4 rings (SSSR count). The molecule has 2 amide bonds. The molecule has 1 aliphatic heterocycles. The largest absolute Gasteiger partial charge is 0.417 e. The predicted octanol–water partition coefficient (Wildman–Crippen LogP) is 3.54. The minimum Gasteiger partial charge on any atom is -0.369 e. The average Bonchev–Trinajstić information content (AvgIpc) is 2.65. The molecule has 1 aliphatic carbocycles. The summed E-state index contributed by atoms with van der Waals surface area (Å²) in [5.41, 5.74) is 6.97. The van der Waals surface area contributed by atoms with Gasteiger partial charge in [-0.2, -0.15) is 13.2 Å². The van der Waals surface area contributed by atoms with E-state index in [0.29, 0.717) is 24.3 Å². The number of carbonyl (C=O) groups is 2. The van der Waals surface area contributed by atoms with Crippen molar-refractivity contribution in [3.05, 3.63) is 58.9 Å². The van der Waals surface area contributed by atoms with E-state index < -0.39 is 17.6 Å². The summed E-state index contributed by atoms with van der Waals surface area (Å²) in [4.78, 5) is 29.8. The number of pyridine rings is 1. The smallest absolute Gasteiger partial charge is 0.369 e. The van der Waals surface area contributed by atoms with Gasteiger partial charge in [-0.15, -0.1) is 0 Å². The lowest BCUT2D eigenvalue weighted by atomic mass is 9.77. The third kappa shape index (κ3) is 4.41. The molecule has 31 heavy (non-hydrogen) atoms. The first-order valence-electron chi connectivity index (χ1n) is 10.1. The van der Waals surface area contributed by atoms with E-state index in [1.807, 2.05) is 6.07 Å². The first-order valence-corrected chi connectivity index (χ1v) is 10.1. The summed E-state index contributed by atoms with van der Waals surface area (Å²) in [5.74, 6) is -0.558. The van der Waals surface area contributed by atoms with Gasteiger partial charge in [-0.05, 0) is 48.1 Å². The number of benzene rings is 1. The fourth-order valence-electron chi connectivity index (χ4n) is 4.36. The van der Waals surface area contributed by atoms with Crippen LogP contribution in [-0.4, -0.2) is 34.3 Å². The van der Waals surface area contributed by atoms with Crippen molar-refractivity contribution in [2.45, 2.75) is 44.4 Å². The molecule has 6 nitrogen and oxygen atoms in total. The van der Waals surface area contributed by atoms with Crippen molar-refractivity contribution in [1.82, 2.24) is 9.88 Å². The van der Waals surface area contributed by atoms with E-state index in [-0.39, 0.29) is 23.4 Å². The second-order valence-corrected chi connectivity index (χ2v) is 8.38. The first kappa shape index (κ1) is 21.3. The van der Waals surface area contributed by atoms with Crippen molar-refractivity contribution >= 4 is 17.5 Å². The van der Waals surface area contributed by atoms with Crippen LogP contribution in [0.25, 0.3) is 0 Å². The molecular weight excluding hydrogens is 409 g/mol. The summed E-state index contributed by atoms with van der Waals surface area (Å²) in [6, 6.07) is 6.54. The number of hydrogen-bond donors (Lipinski definition) is 2. The summed E-state index contributed by atoms with van der Waals surface area (Å²) in [6.07, 6.45) is -1.14. The quantitative estimate of drug-likeness (QED) is 0.774. The zero-order valence-corrected chi connectivity index (χ0v) is 16.9. The molecule has 1 atom stereocenters. The van der Waals surface area contributed by atoms with Crippen molar-refractivity contribution in [3.8, 4) is 0 Å². The van der Waals surface area contributed by atoms with Crippen LogP contribution >= 0.6 is 0 Å². The SMILES string of the molecule is CC1CN(C2CC(C(N)=O)C2)Cc2cc(C(=O)Nc3cncc(C(F)(F)F)c3)ccc21. The number of alkyl halides is 3. The second kappa shape index (κ2) is 7.96. The van der Waals surface area contributed by atoms with Gasteiger partial charge in [0.2, 0.25) is 5.91 Å². The van der Waals surface area contributed by atoms with E-state index in [1.165, 1.54) is 6.20 Å². The van der Waals surface area contributed by atoms with Crippen LogP contribution in [0.15, 0.2) is 36.7 Å². The predicted molar refractivity (Wildman–Crippen MR) is 108 cm³/mol. The molecule has 0 radical (unpaired) electrons. The number of rotatable bonds is 4. The lowest BCUT2D eigenvalue weighted by Crippen LogP contribution is -2.50. The lowest BCUT2D eigenvalue weighted by Gasteiger charge is -2.45. The van der Waals surface area contributed by atoms with Crippen LogP contribution in [0.4, 0.5) is 18.9 Å². The Morgan fingerprint density at radius 2 is 1.94 bits per heavy atom. The molecule has 2 heterocycles. The lowest BCUT2D eigenvalue weighted by molar-refractivity contribution is -0.137. The molecule has 1 saturated carbocycles. The summed E-state index contributed by atoms with van der Waals surface area (Å²) >= 11 is 0. The van der Waals surface area contributed by atoms with Gasteiger partial charge >= 0.3 is 6.18 Å². The van der Waals surface area contributed by atoms with Gasteiger partial charge in [0.1, 0.15) is 0 Å². The summed E-state index contributed by atoms with van der Waals surface area (Å²) in [7, 11) is 0. The van der Waals surface area contributed by atoms with Gasteiger partial charge in [-0.25, -0.2) is 0 Å². The number of primary amides is 1. The van der Waals surface area contributed by atoms with Gasteiger partial charge in [0.25, 0.3) is 5.91 Å². The van der Waals surface area contributed by atoms with Crippen molar-refractivity contribution in [2.24, 2.45) is 11.7 Å². The van der Waals surface area contributed by atoms with Gasteiger partial charge in [0.05, 0.1) is 17.4 Å². The zero-order chi connectivity index (χ0) is 22.3. The number of halogens is 3. The Hall–Kier alpha value is -2.94. The zero-order valence-electron chi connectivity index (χ0n) is 16.9. The van der Waals surface area contributed by atoms with Crippen molar-refractivity contribution in [1.29, 1.82) is 0 Å². The first-order chi connectivity index (χ1) is 14.6. The topological polar surface area (TPSA) is 88.3 Å². The van der Waals surface area contributed by atoms with Gasteiger partial charge in [-0.3, -0.25) is 19.5 Å². The average molecular weight is 432 g/mol.